The molecule has 4 aromatic rings. The van der Waals surface area contributed by atoms with Crippen LogP contribution in [0.1, 0.15) is 11.1 Å². The van der Waals surface area contributed by atoms with Crippen molar-refractivity contribution in [3.8, 4) is 0 Å². The second-order valence-electron chi connectivity index (χ2n) is 6.45. The van der Waals surface area contributed by atoms with Crippen LogP contribution < -0.4 is 11.2 Å². The van der Waals surface area contributed by atoms with Crippen LogP contribution in [0.25, 0.3) is 11.2 Å². The molecule has 0 bridgehead atoms. The van der Waals surface area contributed by atoms with Gasteiger partial charge in [0.25, 0.3) is 5.56 Å². The minimum Gasteiger partial charge on any atom is -0.308 e. The molecule has 0 N–H and O–H groups in total. The molecule has 0 aliphatic carbocycles. The lowest BCUT2D eigenvalue weighted by atomic mass is 10.2. The quantitative estimate of drug-likeness (QED) is 0.439. The van der Waals surface area contributed by atoms with Gasteiger partial charge in [-0.15, -0.1) is 0 Å². The molecule has 8 heteroatoms. The van der Waals surface area contributed by atoms with E-state index in [4.69, 9.17) is 11.6 Å². The summed E-state index contributed by atoms with van der Waals surface area (Å²) in [7, 11) is 1.62. The van der Waals surface area contributed by atoms with E-state index >= 15 is 0 Å². The van der Waals surface area contributed by atoms with Crippen LogP contribution in [-0.4, -0.2) is 18.7 Å². The second kappa shape index (κ2) is 7.41. The van der Waals surface area contributed by atoms with Crippen molar-refractivity contribution < 1.29 is 0 Å². The molecule has 2 heterocycles. The second-order valence-corrected chi connectivity index (χ2v) is 7.57. The van der Waals surface area contributed by atoms with Gasteiger partial charge < -0.3 is 4.57 Å². The number of aromatic nitrogens is 4. The fourth-order valence-corrected chi connectivity index (χ4v) is 3.86. The highest BCUT2D eigenvalue weighted by atomic mass is 79.9. The van der Waals surface area contributed by atoms with E-state index in [1.54, 1.807) is 17.7 Å². The minimum absolute atomic E-state index is 0.192. The SMILES string of the molecule is Cn1c(=O)n(Cc2ccccc2)c(=O)c2c1nc(Br)n2Cc1ccccc1Cl. The fraction of sp³-hybridized carbons (Fsp3) is 0.150. The number of hydrogen-bond donors (Lipinski definition) is 0. The van der Waals surface area contributed by atoms with Crippen molar-refractivity contribution in [1.29, 1.82) is 0 Å². The zero-order valence-corrected chi connectivity index (χ0v) is 17.3. The Balaban J connectivity index is 1.93. The number of fused-ring (bicyclic) bond motifs is 1. The first-order valence-corrected chi connectivity index (χ1v) is 9.77. The van der Waals surface area contributed by atoms with Crippen LogP contribution in [0, 0.1) is 0 Å². The van der Waals surface area contributed by atoms with Crippen molar-refractivity contribution in [2.45, 2.75) is 13.1 Å². The third-order valence-electron chi connectivity index (χ3n) is 4.66. The molecular formula is C20H16BrClN4O2. The monoisotopic (exact) mass is 458 g/mol. The maximum Gasteiger partial charge on any atom is 0.332 e. The van der Waals surface area contributed by atoms with E-state index in [1.165, 1.54) is 9.13 Å². The molecule has 4 rings (SSSR count). The predicted molar refractivity (Wildman–Crippen MR) is 113 cm³/mol. The molecule has 0 saturated carbocycles. The number of nitrogens with zero attached hydrogens (tertiary/aromatic N) is 4. The Bertz CT molecular complexity index is 1290. The standard InChI is InChI=1S/C20H16BrClN4O2/c1-24-17-16(18(27)26(20(24)28)11-13-7-3-2-4-8-13)25(19(21)23-17)12-14-9-5-6-10-15(14)22/h2-10H,11-12H2,1H3. The Morgan fingerprint density at radius 2 is 1.64 bits per heavy atom. The zero-order valence-electron chi connectivity index (χ0n) is 15.0. The number of rotatable bonds is 4. The average Bonchev–Trinajstić information content (AvgIpc) is 3.02. The van der Waals surface area contributed by atoms with Gasteiger partial charge in [0.1, 0.15) is 0 Å². The largest absolute Gasteiger partial charge is 0.332 e. The molecule has 2 aromatic carbocycles. The third-order valence-corrected chi connectivity index (χ3v) is 5.63. The highest BCUT2D eigenvalue weighted by molar-refractivity contribution is 9.10. The molecule has 142 valence electrons. The van der Waals surface area contributed by atoms with Gasteiger partial charge in [0.05, 0.1) is 13.1 Å². The van der Waals surface area contributed by atoms with Crippen molar-refractivity contribution in [3.05, 3.63) is 96.3 Å². The summed E-state index contributed by atoms with van der Waals surface area (Å²) in [6.45, 7) is 0.548. The first-order valence-electron chi connectivity index (χ1n) is 8.60. The summed E-state index contributed by atoms with van der Waals surface area (Å²) in [5.74, 6) is 0. The molecule has 0 unspecified atom stereocenters. The number of hydrogen-bond acceptors (Lipinski definition) is 3. The highest BCUT2D eigenvalue weighted by Gasteiger charge is 2.20. The van der Waals surface area contributed by atoms with E-state index < -0.39 is 5.69 Å². The number of benzene rings is 2. The molecule has 0 saturated heterocycles. The van der Waals surface area contributed by atoms with Crippen LogP contribution >= 0.6 is 27.5 Å². The molecule has 0 aliphatic rings. The van der Waals surface area contributed by atoms with Gasteiger partial charge in [-0.1, -0.05) is 60.1 Å². The van der Waals surface area contributed by atoms with Crippen molar-refractivity contribution in [2.24, 2.45) is 7.05 Å². The van der Waals surface area contributed by atoms with E-state index in [0.29, 0.717) is 27.5 Å². The van der Waals surface area contributed by atoms with Gasteiger partial charge in [0, 0.05) is 12.1 Å². The topological polar surface area (TPSA) is 61.8 Å². The highest BCUT2D eigenvalue weighted by Crippen LogP contribution is 2.22. The van der Waals surface area contributed by atoms with Gasteiger partial charge in [-0.3, -0.25) is 13.9 Å². The lowest BCUT2D eigenvalue weighted by molar-refractivity contribution is 0.653. The summed E-state index contributed by atoms with van der Waals surface area (Å²) in [5.41, 5.74) is 1.62. The third kappa shape index (κ3) is 3.21. The van der Waals surface area contributed by atoms with Crippen LogP contribution in [0.5, 0.6) is 0 Å². The molecule has 0 atom stereocenters. The van der Waals surface area contributed by atoms with Crippen LogP contribution in [0.15, 0.2) is 68.9 Å². The molecule has 2 aromatic heterocycles. The normalized spacial score (nSPS) is 11.2. The minimum atomic E-state index is -0.406. The Morgan fingerprint density at radius 3 is 2.36 bits per heavy atom. The maximum absolute atomic E-state index is 13.3. The van der Waals surface area contributed by atoms with E-state index in [1.807, 2.05) is 48.5 Å². The average molecular weight is 460 g/mol. The maximum atomic E-state index is 13.3. The lowest BCUT2D eigenvalue weighted by Gasteiger charge is -2.11. The van der Waals surface area contributed by atoms with Crippen molar-refractivity contribution in [3.63, 3.8) is 0 Å². The molecule has 0 radical (unpaired) electrons. The lowest BCUT2D eigenvalue weighted by Crippen LogP contribution is -2.40. The molecule has 0 amide bonds. The van der Waals surface area contributed by atoms with Gasteiger partial charge in [-0.05, 0) is 33.1 Å². The first kappa shape index (κ1) is 18.7. The van der Waals surface area contributed by atoms with Crippen molar-refractivity contribution >= 4 is 38.7 Å². The fourth-order valence-electron chi connectivity index (χ4n) is 3.19. The Morgan fingerprint density at radius 1 is 0.964 bits per heavy atom. The summed E-state index contributed by atoms with van der Waals surface area (Å²) in [4.78, 5) is 30.4. The Hall–Kier alpha value is -2.64. The zero-order chi connectivity index (χ0) is 19.8. The number of halogens is 2. The van der Waals surface area contributed by atoms with Gasteiger partial charge in [-0.2, -0.15) is 0 Å². The molecule has 0 aliphatic heterocycles. The summed E-state index contributed by atoms with van der Waals surface area (Å²) >= 11 is 9.71. The van der Waals surface area contributed by atoms with Crippen LogP contribution in [0.3, 0.4) is 0 Å². The smallest absolute Gasteiger partial charge is 0.308 e. The molecule has 0 fully saturated rings. The molecular weight excluding hydrogens is 444 g/mol. The number of aryl methyl sites for hydroxylation is 1. The van der Waals surface area contributed by atoms with E-state index in [-0.39, 0.29) is 12.1 Å². The van der Waals surface area contributed by atoms with Gasteiger partial charge in [0.2, 0.25) is 0 Å². The predicted octanol–water partition coefficient (Wildman–Crippen LogP) is 3.41. The van der Waals surface area contributed by atoms with Gasteiger partial charge in [-0.25, -0.2) is 9.78 Å². The summed E-state index contributed by atoms with van der Waals surface area (Å²) in [6, 6.07) is 16.8. The molecule has 0 spiro atoms. The number of imidazole rings is 1. The Kier molecular flexibility index (Phi) is 4.95. The van der Waals surface area contributed by atoms with Gasteiger partial charge >= 0.3 is 5.69 Å². The first-order chi connectivity index (χ1) is 13.5. The van der Waals surface area contributed by atoms with E-state index in [9.17, 15) is 9.59 Å². The summed E-state index contributed by atoms with van der Waals surface area (Å²) in [6.07, 6.45) is 0. The van der Waals surface area contributed by atoms with Crippen LogP contribution in [0.4, 0.5) is 0 Å². The van der Waals surface area contributed by atoms with Gasteiger partial charge in [0.15, 0.2) is 15.9 Å². The van der Waals surface area contributed by atoms with Crippen LogP contribution in [0.2, 0.25) is 5.02 Å². The summed E-state index contributed by atoms with van der Waals surface area (Å²) in [5, 5.41) is 0.602. The van der Waals surface area contributed by atoms with E-state index in [0.717, 1.165) is 11.1 Å². The van der Waals surface area contributed by atoms with Crippen molar-refractivity contribution in [1.82, 2.24) is 18.7 Å². The van der Waals surface area contributed by atoms with Crippen molar-refractivity contribution in [2.75, 3.05) is 0 Å². The molecule has 6 nitrogen and oxygen atoms in total. The summed E-state index contributed by atoms with van der Waals surface area (Å²) < 4.78 is 4.83. The molecule has 28 heavy (non-hydrogen) atoms. The van der Waals surface area contributed by atoms with E-state index in [2.05, 4.69) is 20.9 Å². The Labute approximate surface area is 173 Å². The van der Waals surface area contributed by atoms with Crippen LogP contribution in [-0.2, 0) is 20.1 Å².